The van der Waals surface area contributed by atoms with Crippen LogP contribution in [0.15, 0.2) is 84.0 Å². The molecule has 0 heterocycles. The molecule has 39 heavy (non-hydrogen) atoms. The minimum atomic E-state index is -0.960. The summed E-state index contributed by atoms with van der Waals surface area (Å²) in [7, 11) is 3.66. The summed E-state index contributed by atoms with van der Waals surface area (Å²) in [6.07, 6.45) is 1.20. The molecule has 8 nitrogen and oxygen atoms in total. The first kappa shape index (κ1) is 29.2. The number of hydrogen-bond donors (Lipinski definition) is 1. The zero-order valence-corrected chi connectivity index (χ0v) is 23.2. The number of nitrogens with one attached hydrogen (secondary N) is 1. The molecule has 206 valence electrons. The van der Waals surface area contributed by atoms with E-state index in [-0.39, 0.29) is 13.0 Å². The van der Waals surface area contributed by atoms with Crippen LogP contribution in [0.3, 0.4) is 0 Å². The van der Waals surface area contributed by atoms with E-state index < -0.39 is 23.7 Å². The van der Waals surface area contributed by atoms with Gasteiger partial charge >= 0.3 is 12.1 Å². The summed E-state index contributed by atoms with van der Waals surface area (Å²) in [5.74, 6) is 0.0918. The van der Waals surface area contributed by atoms with Crippen LogP contribution in [0.1, 0.15) is 43.0 Å². The third kappa shape index (κ3) is 10.5. The number of amides is 1. The first-order valence-corrected chi connectivity index (χ1v) is 12.8. The monoisotopic (exact) mass is 531 g/mol. The minimum Gasteiger partial charge on any atom is -0.488 e. The predicted octanol–water partition coefficient (Wildman–Crippen LogP) is 5.34. The van der Waals surface area contributed by atoms with Gasteiger partial charge < -0.3 is 24.5 Å². The molecule has 0 bridgehead atoms. The lowest BCUT2D eigenvalue weighted by molar-refractivity contribution is -0.147. The molecule has 1 atom stereocenters. The van der Waals surface area contributed by atoms with Gasteiger partial charge in [-0.25, -0.2) is 9.59 Å². The van der Waals surface area contributed by atoms with Crippen molar-refractivity contribution in [1.29, 1.82) is 0 Å². The highest BCUT2D eigenvalue weighted by molar-refractivity contribution is 5.84. The van der Waals surface area contributed by atoms with E-state index in [4.69, 9.17) is 14.2 Å². The lowest BCUT2D eigenvalue weighted by Crippen LogP contribution is -2.45. The number of carbonyl (C=O) groups is 2. The molecule has 3 rings (SSSR count). The summed E-state index contributed by atoms with van der Waals surface area (Å²) in [5, 5.41) is 8.73. The molecule has 3 aromatic rings. The number of alkyl carbamates (subject to hydrolysis) is 1. The van der Waals surface area contributed by atoms with E-state index in [1.165, 1.54) is 0 Å². The van der Waals surface area contributed by atoms with Crippen LogP contribution in [0.2, 0.25) is 0 Å². The largest absolute Gasteiger partial charge is 0.488 e. The Hall–Kier alpha value is -4.33. The quantitative estimate of drug-likeness (QED) is 0.204. The molecule has 0 aliphatic rings. The summed E-state index contributed by atoms with van der Waals surface area (Å²) in [5.41, 5.74) is 2.71. The molecule has 0 radical (unpaired) electrons. The molecule has 0 aliphatic carbocycles. The molecule has 8 heteroatoms. The number of benzene rings is 3. The van der Waals surface area contributed by atoms with Gasteiger partial charge in [0.2, 0.25) is 0 Å². The van der Waals surface area contributed by atoms with Crippen LogP contribution in [-0.2, 0) is 33.9 Å². The third-order valence-electron chi connectivity index (χ3n) is 5.38. The van der Waals surface area contributed by atoms with Crippen molar-refractivity contribution < 1.29 is 23.8 Å². The fraction of sp³-hybridized carbons (Fsp3) is 0.323. The van der Waals surface area contributed by atoms with Crippen molar-refractivity contribution in [2.45, 2.75) is 52.0 Å². The van der Waals surface area contributed by atoms with Crippen LogP contribution in [0.25, 0.3) is 0 Å². The molecule has 0 aromatic heterocycles. The SMILES string of the molecule is CN(C)N=Cc1cc(C[C@H](NC(=O)OC(C)(C)C)C(=O)OCc2ccccc2)ccc1OCc1ccccc1. The Bertz CT molecular complexity index is 1240. The van der Waals surface area contributed by atoms with Gasteiger partial charge in [-0.1, -0.05) is 66.7 Å². The van der Waals surface area contributed by atoms with Crippen LogP contribution in [0.4, 0.5) is 4.79 Å². The van der Waals surface area contributed by atoms with Crippen molar-refractivity contribution >= 4 is 18.3 Å². The molecule has 0 saturated heterocycles. The highest BCUT2D eigenvalue weighted by Gasteiger charge is 2.26. The van der Waals surface area contributed by atoms with E-state index in [0.717, 1.165) is 22.3 Å². The van der Waals surface area contributed by atoms with Crippen LogP contribution in [0, 0.1) is 0 Å². The second-order valence-electron chi connectivity index (χ2n) is 10.2. The van der Waals surface area contributed by atoms with E-state index in [2.05, 4.69) is 10.4 Å². The van der Waals surface area contributed by atoms with Crippen molar-refractivity contribution in [3.8, 4) is 5.75 Å². The number of rotatable bonds is 11. The molecule has 0 spiro atoms. The average Bonchev–Trinajstić information content (AvgIpc) is 2.89. The van der Waals surface area contributed by atoms with Crippen molar-refractivity contribution in [2.75, 3.05) is 14.1 Å². The third-order valence-corrected chi connectivity index (χ3v) is 5.38. The summed E-state index contributed by atoms with van der Waals surface area (Å²) in [6, 6.07) is 23.9. The number of carbonyl (C=O) groups excluding carboxylic acids is 2. The van der Waals surface area contributed by atoms with E-state index in [1.54, 1.807) is 32.0 Å². The molecular formula is C31H37N3O5. The molecular weight excluding hydrogens is 494 g/mol. The molecule has 0 aliphatic heterocycles. The van der Waals surface area contributed by atoms with Gasteiger partial charge in [-0.3, -0.25) is 0 Å². The molecule has 0 saturated carbocycles. The zero-order valence-electron chi connectivity index (χ0n) is 23.2. The summed E-state index contributed by atoms with van der Waals surface area (Å²) < 4.78 is 17.0. The summed E-state index contributed by atoms with van der Waals surface area (Å²) in [6.45, 7) is 5.79. The van der Waals surface area contributed by atoms with Crippen molar-refractivity contribution in [3.63, 3.8) is 0 Å². The van der Waals surface area contributed by atoms with E-state index in [9.17, 15) is 9.59 Å². The van der Waals surface area contributed by atoms with Gasteiger partial charge in [0.15, 0.2) is 0 Å². The maximum Gasteiger partial charge on any atom is 0.408 e. The molecule has 1 amide bonds. The summed E-state index contributed by atoms with van der Waals surface area (Å²) >= 11 is 0. The van der Waals surface area contributed by atoms with E-state index in [1.807, 2.05) is 93.0 Å². The highest BCUT2D eigenvalue weighted by Crippen LogP contribution is 2.22. The molecule has 0 unspecified atom stereocenters. The fourth-order valence-electron chi connectivity index (χ4n) is 3.58. The first-order valence-electron chi connectivity index (χ1n) is 12.8. The lowest BCUT2D eigenvalue weighted by Gasteiger charge is -2.23. The average molecular weight is 532 g/mol. The highest BCUT2D eigenvalue weighted by atomic mass is 16.6. The number of hydrogen-bond acceptors (Lipinski definition) is 7. The minimum absolute atomic E-state index is 0.0964. The second-order valence-corrected chi connectivity index (χ2v) is 10.2. The standard InChI is InChI=1S/C31H37N3O5/c1-31(2,3)39-30(36)33-27(29(35)38-22-24-14-10-7-11-15-24)19-25-16-17-28(26(18-25)20-32-34(4)5)37-21-23-12-8-6-9-13-23/h6-18,20,27H,19,21-22H2,1-5H3,(H,33,36)/t27-/m0/s1. The Labute approximate surface area is 230 Å². The molecule has 1 N–H and O–H groups in total. The van der Waals surface area contributed by atoms with Crippen LogP contribution >= 0.6 is 0 Å². The normalized spacial score (nSPS) is 12.0. The maximum absolute atomic E-state index is 13.1. The fourth-order valence-corrected chi connectivity index (χ4v) is 3.58. The smallest absolute Gasteiger partial charge is 0.408 e. The van der Waals surface area contributed by atoms with Crippen LogP contribution < -0.4 is 10.1 Å². The Kier molecular flexibility index (Phi) is 10.5. The lowest BCUT2D eigenvalue weighted by atomic mass is 10.0. The van der Waals surface area contributed by atoms with E-state index in [0.29, 0.717) is 12.4 Å². The number of esters is 1. The molecule has 0 fully saturated rings. The number of ether oxygens (including phenoxy) is 3. The second kappa shape index (κ2) is 14.0. The van der Waals surface area contributed by atoms with Gasteiger partial charge in [-0.05, 0) is 49.6 Å². The van der Waals surface area contributed by atoms with Gasteiger partial charge in [-0.2, -0.15) is 5.10 Å². The van der Waals surface area contributed by atoms with E-state index >= 15 is 0 Å². The molecule has 3 aromatic carbocycles. The Balaban J connectivity index is 1.80. The van der Waals surface area contributed by atoms with Crippen molar-refractivity contribution in [3.05, 3.63) is 101 Å². The summed E-state index contributed by atoms with van der Waals surface area (Å²) in [4.78, 5) is 25.7. The van der Waals surface area contributed by atoms with Gasteiger partial charge in [0.1, 0.15) is 30.6 Å². The zero-order chi connectivity index (χ0) is 28.3. The predicted molar refractivity (Wildman–Crippen MR) is 152 cm³/mol. The van der Waals surface area contributed by atoms with Gasteiger partial charge in [-0.15, -0.1) is 0 Å². The van der Waals surface area contributed by atoms with Crippen LogP contribution in [0.5, 0.6) is 5.75 Å². The van der Waals surface area contributed by atoms with Gasteiger partial charge in [0, 0.05) is 26.1 Å². The number of nitrogens with zero attached hydrogens (tertiary/aromatic N) is 2. The Morgan fingerprint density at radius 3 is 2.10 bits per heavy atom. The topological polar surface area (TPSA) is 89.5 Å². The first-order chi connectivity index (χ1) is 18.6. The van der Waals surface area contributed by atoms with Crippen LogP contribution in [-0.4, -0.2) is 49.0 Å². The Morgan fingerprint density at radius 1 is 0.897 bits per heavy atom. The van der Waals surface area contributed by atoms with Crippen molar-refractivity contribution in [1.82, 2.24) is 10.3 Å². The van der Waals surface area contributed by atoms with Gasteiger partial charge in [0.05, 0.1) is 6.21 Å². The Morgan fingerprint density at radius 2 is 1.51 bits per heavy atom. The maximum atomic E-state index is 13.1. The number of hydrazone groups is 1. The van der Waals surface area contributed by atoms with Gasteiger partial charge in [0.25, 0.3) is 0 Å². The van der Waals surface area contributed by atoms with Crippen molar-refractivity contribution in [2.24, 2.45) is 5.10 Å².